The molecule has 1 amide bonds. The van der Waals surface area contributed by atoms with Gasteiger partial charge in [-0.25, -0.2) is 4.98 Å². The van der Waals surface area contributed by atoms with Crippen LogP contribution >= 0.6 is 0 Å². The van der Waals surface area contributed by atoms with Gasteiger partial charge in [-0.15, -0.1) is 0 Å². The molecule has 4 heteroatoms. The van der Waals surface area contributed by atoms with Crippen LogP contribution in [0.2, 0.25) is 0 Å². The zero-order valence-electron chi connectivity index (χ0n) is 15.7. The number of aromatic nitrogens is 1. The average Bonchev–Trinajstić information content (AvgIpc) is 2.73. The Kier molecular flexibility index (Phi) is 5.05. The van der Waals surface area contributed by atoms with E-state index in [1.165, 1.54) is 24.8 Å². The highest BCUT2D eigenvalue weighted by molar-refractivity contribution is 6.14. The summed E-state index contributed by atoms with van der Waals surface area (Å²) in [5, 5.41) is 5.04. The van der Waals surface area contributed by atoms with Gasteiger partial charge in [-0.3, -0.25) is 4.79 Å². The van der Waals surface area contributed by atoms with Crippen LogP contribution in [0.25, 0.3) is 10.8 Å². The fourth-order valence-electron chi connectivity index (χ4n) is 3.78. The molecule has 0 atom stereocenters. The summed E-state index contributed by atoms with van der Waals surface area (Å²) in [4.78, 5) is 20.0. The zero-order chi connectivity index (χ0) is 18.6. The minimum atomic E-state index is -0.114. The lowest BCUT2D eigenvalue weighted by molar-refractivity contribution is 0.102. The number of carbonyl (C=O) groups is 1. The van der Waals surface area contributed by atoms with Gasteiger partial charge in [0.25, 0.3) is 5.91 Å². The fourth-order valence-corrected chi connectivity index (χ4v) is 3.78. The second-order valence-corrected chi connectivity index (χ2v) is 7.10. The zero-order valence-corrected chi connectivity index (χ0v) is 15.7. The number of pyridine rings is 1. The standard InChI is InChI=1S/C23H25N3O/c1-2-17-9-8-10-18(15-17)25-23(27)21-16-24-22(26-13-6-3-7-14-26)20-12-5-4-11-19(20)21/h4-5,8-12,15-16H,2-3,6-7,13-14H2,1H3,(H,25,27). The highest BCUT2D eigenvalue weighted by Gasteiger charge is 2.18. The van der Waals surface area contributed by atoms with Crippen LogP contribution in [-0.4, -0.2) is 24.0 Å². The van der Waals surface area contributed by atoms with E-state index in [-0.39, 0.29) is 5.91 Å². The van der Waals surface area contributed by atoms with Gasteiger partial charge in [0, 0.05) is 30.4 Å². The number of nitrogens with one attached hydrogen (secondary N) is 1. The molecule has 0 bridgehead atoms. The van der Waals surface area contributed by atoms with E-state index in [9.17, 15) is 4.79 Å². The Labute approximate surface area is 160 Å². The van der Waals surface area contributed by atoms with E-state index in [4.69, 9.17) is 4.98 Å². The second kappa shape index (κ2) is 7.78. The number of aryl methyl sites for hydroxylation is 1. The normalized spacial score (nSPS) is 14.3. The molecule has 27 heavy (non-hydrogen) atoms. The number of benzene rings is 2. The highest BCUT2D eigenvalue weighted by Crippen LogP contribution is 2.29. The molecule has 4 rings (SSSR count). The number of amides is 1. The summed E-state index contributed by atoms with van der Waals surface area (Å²) < 4.78 is 0. The number of nitrogens with zero attached hydrogens (tertiary/aromatic N) is 2. The van der Waals surface area contributed by atoms with E-state index in [0.717, 1.165) is 41.8 Å². The SMILES string of the molecule is CCc1cccc(NC(=O)c2cnc(N3CCCCC3)c3ccccc23)c1. The van der Waals surface area contributed by atoms with Crippen molar-refractivity contribution in [3.63, 3.8) is 0 Å². The minimum absolute atomic E-state index is 0.114. The molecular weight excluding hydrogens is 334 g/mol. The molecule has 0 unspecified atom stereocenters. The van der Waals surface area contributed by atoms with Gasteiger partial charge < -0.3 is 10.2 Å². The van der Waals surface area contributed by atoms with Gasteiger partial charge in [0.05, 0.1) is 5.56 Å². The lowest BCUT2D eigenvalue weighted by atomic mass is 10.0. The number of fused-ring (bicyclic) bond motifs is 1. The molecule has 1 N–H and O–H groups in total. The van der Waals surface area contributed by atoms with Gasteiger partial charge in [0.2, 0.25) is 0 Å². The van der Waals surface area contributed by atoms with E-state index in [1.807, 2.05) is 36.4 Å². The maximum atomic E-state index is 13.0. The van der Waals surface area contributed by atoms with Gasteiger partial charge in [0.15, 0.2) is 0 Å². The molecule has 2 aromatic carbocycles. The maximum Gasteiger partial charge on any atom is 0.257 e. The predicted molar refractivity (Wildman–Crippen MR) is 112 cm³/mol. The molecule has 3 aromatic rings. The maximum absolute atomic E-state index is 13.0. The molecule has 138 valence electrons. The first kappa shape index (κ1) is 17.5. The van der Waals surface area contributed by atoms with E-state index in [2.05, 4.69) is 29.3 Å². The van der Waals surface area contributed by atoms with Crippen LogP contribution in [0, 0.1) is 0 Å². The van der Waals surface area contributed by atoms with Crippen molar-refractivity contribution < 1.29 is 4.79 Å². The first-order valence-electron chi connectivity index (χ1n) is 9.79. The Morgan fingerprint density at radius 1 is 1.04 bits per heavy atom. The molecule has 0 saturated carbocycles. The van der Waals surface area contributed by atoms with Crippen LogP contribution in [0.1, 0.15) is 42.1 Å². The third-order valence-corrected chi connectivity index (χ3v) is 5.27. The summed E-state index contributed by atoms with van der Waals surface area (Å²) in [6.45, 7) is 4.18. The van der Waals surface area contributed by atoms with Crippen molar-refractivity contribution in [1.82, 2.24) is 4.98 Å². The molecule has 4 nitrogen and oxygen atoms in total. The van der Waals surface area contributed by atoms with Crippen LogP contribution in [0.4, 0.5) is 11.5 Å². The molecule has 1 fully saturated rings. The number of carbonyl (C=O) groups excluding carboxylic acids is 1. The largest absolute Gasteiger partial charge is 0.356 e. The van der Waals surface area contributed by atoms with Gasteiger partial charge in [-0.2, -0.15) is 0 Å². The Hall–Kier alpha value is -2.88. The number of anilines is 2. The highest BCUT2D eigenvalue weighted by atomic mass is 16.1. The fraction of sp³-hybridized carbons (Fsp3) is 0.304. The Bertz CT molecular complexity index is 961. The molecule has 1 aromatic heterocycles. The minimum Gasteiger partial charge on any atom is -0.356 e. The molecule has 1 aliphatic rings. The Balaban J connectivity index is 1.68. The quantitative estimate of drug-likeness (QED) is 0.710. The monoisotopic (exact) mass is 359 g/mol. The van der Waals surface area contributed by atoms with Crippen molar-refractivity contribution in [2.24, 2.45) is 0 Å². The summed E-state index contributed by atoms with van der Waals surface area (Å²) in [5.41, 5.74) is 2.65. The van der Waals surface area contributed by atoms with Gasteiger partial charge in [0.1, 0.15) is 5.82 Å². The summed E-state index contributed by atoms with van der Waals surface area (Å²) in [6, 6.07) is 16.1. The van der Waals surface area contributed by atoms with Gasteiger partial charge >= 0.3 is 0 Å². The molecule has 2 heterocycles. The first-order chi connectivity index (χ1) is 13.3. The molecule has 1 saturated heterocycles. The van der Waals surface area contributed by atoms with Crippen LogP contribution in [0.5, 0.6) is 0 Å². The molecule has 0 radical (unpaired) electrons. The van der Waals surface area contributed by atoms with Gasteiger partial charge in [-0.05, 0) is 48.8 Å². The summed E-state index contributed by atoms with van der Waals surface area (Å²) >= 11 is 0. The third-order valence-electron chi connectivity index (χ3n) is 5.27. The topological polar surface area (TPSA) is 45.2 Å². The lowest BCUT2D eigenvalue weighted by Crippen LogP contribution is -2.30. The van der Waals surface area contributed by atoms with Crippen LogP contribution in [0.3, 0.4) is 0 Å². The van der Waals surface area contributed by atoms with Crippen LogP contribution in [0.15, 0.2) is 54.7 Å². The smallest absolute Gasteiger partial charge is 0.257 e. The van der Waals surface area contributed by atoms with Crippen LogP contribution in [-0.2, 0) is 6.42 Å². The summed E-state index contributed by atoms with van der Waals surface area (Å²) in [6.07, 6.45) is 6.35. The summed E-state index contributed by atoms with van der Waals surface area (Å²) in [7, 11) is 0. The lowest BCUT2D eigenvalue weighted by Gasteiger charge is -2.29. The Morgan fingerprint density at radius 2 is 1.81 bits per heavy atom. The number of piperidine rings is 1. The van der Waals surface area contributed by atoms with Crippen molar-refractivity contribution in [3.05, 3.63) is 65.9 Å². The molecular formula is C23H25N3O. The number of rotatable bonds is 4. The second-order valence-electron chi connectivity index (χ2n) is 7.10. The van der Waals surface area contributed by atoms with Crippen molar-refractivity contribution >= 4 is 28.2 Å². The van der Waals surface area contributed by atoms with Crippen molar-refractivity contribution in [1.29, 1.82) is 0 Å². The molecule has 0 spiro atoms. The Morgan fingerprint density at radius 3 is 2.59 bits per heavy atom. The van der Waals surface area contributed by atoms with E-state index in [0.29, 0.717) is 5.56 Å². The van der Waals surface area contributed by atoms with E-state index >= 15 is 0 Å². The molecule has 1 aliphatic heterocycles. The first-order valence-corrected chi connectivity index (χ1v) is 9.79. The number of hydrogen-bond acceptors (Lipinski definition) is 3. The van der Waals surface area contributed by atoms with E-state index in [1.54, 1.807) is 6.20 Å². The average molecular weight is 359 g/mol. The van der Waals surface area contributed by atoms with Gasteiger partial charge in [-0.1, -0.05) is 43.3 Å². The van der Waals surface area contributed by atoms with Crippen molar-refractivity contribution in [2.45, 2.75) is 32.6 Å². The third kappa shape index (κ3) is 3.65. The van der Waals surface area contributed by atoms with Crippen molar-refractivity contribution in [3.8, 4) is 0 Å². The summed E-state index contributed by atoms with van der Waals surface area (Å²) in [5.74, 6) is 0.881. The van der Waals surface area contributed by atoms with E-state index < -0.39 is 0 Å². The van der Waals surface area contributed by atoms with Crippen molar-refractivity contribution in [2.75, 3.05) is 23.3 Å². The number of hydrogen-bond donors (Lipinski definition) is 1. The molecule has 0 aliphatic carbocycles. The van der Waals surface area contributed by atoms with Crippen LogP contribution < -0.4 is 10.2 Å². The predicted octanol–water partition coefficient (Wildman–Crippen LogP) is 5.04.